The highest BCUT2D eigenvalue weighted by Crippen LogP contribution is 2.26. The first-order valence-corrected chi connectivity index (χ1v) is 7.50. The maximum atomic E-state index is 5.54. The number of hydrogen-bond acceptors (Lipinski definition) is 6. The molecule has 0 aliphatic carbocycles. The van der Waals surface area contributed by atoms with Crippen molar-refractivity contribution in [2.45, 2.75) is 36.6 Å². The van der Waals surface area contributed by atoms with Crippen molar-refractivity contribution in [2.24, 2.45) is 0 Å². The van der Waals surface area contributed by atoms with Crippen molar-refractivity contribution in [3.8, 4) is 0 Å². The Bertz CT molecular complexity index is 313. The van der Waals surface area contributed by atoms with E-state index in [1.54, 1.807) is 23.1 Å². The Kier molecular flexibility index (Phi) is 4.87. The molecule has 0 radical (unpaired) electrons. The van der Waals surface area contributed by atoms with Gasteiger partial charge in [-0.05, 0) is 19.3 Å². The lowest BCUT2D eigenvalue weighted by Crippen LogP contribution is -2.18. The van der Waals surface area contributed by atoms with Gasteiger partial charge in [-0.15, -0.1) is 10.2 Å². The van der Waals surface area contributed by atoms with E-state index < -0.39 is 0 Å². The monoisotopic (exact) mass is 259 g/mol. The van der Waals surface area contributed by atoms with Crippen LogP contribution in [0.25, 0.3) is 0 Å². The van der Waals surface area contributed by atoms with Crippen LogP contribution in [-0.4, -0.2) is 35.2 Å². The summed E-state index contributed by atoms with van der Waals surface area (Å²) in [7, 11) is 0. The highest BCUT2D eigenvalue weighted by atomic mass is 32.2. The summed E-state index contributed by atoms with van der Waals surface area (Å²) in [5.41, 5.74) is 0. The lowest BCUT2D eigenvalue weighted by molar-refractivity contribution is 0.120. The molecule has 4 nitrogen and oxygen atoms in total. The molecule has 1 aliphatic heterocycles. The summed E-state index contributed by atoms with van der Waals surface area (Å²) >= 11 is 3.40. The molecule has 0 aromatic carbocycles. The molecule has 2 heterocycles. The Morgan fingerprint density at radius 2 is 2.50 bits per heavy atom. The molecule has 0 bridgehead atoms. The molecule has 1 fully saturated rings. The van der Waals surface area contributed by atoms with Crippen LogP contribution in [0.3, 0.4) is 0 Å². The molecule has 1 atom stereocenters. The number of anilines is 1. The Hall–Kier alpha value is -0.330. The second-order valence-corrected chi connectivity index (χ2v) is 6.06. The molecule has 1 N–H and O–H groups in total. The van der Waals surface area contributed by atoms with Gasteiger partial charge in [-0.2, -0.15) is 0 Å². The van der Waals surface area contributed by atoms with Crippen LogP contribution in [0.1, 0.15) is 26.2 Å². The fourth-order valence-electron chi connectivity index (χ4n) is 1.54. The van der Waals surface area contributed by atoms with Crippen molar-refractivity contribution >= 4 is 28.2 Å². The van der Waals surface area contributed by atoms with Crippen molar-refractivity contribution in [3.05, 3.63) is 0 Å². The van der Waals surface area contributed by atoms with Crippen molar-refractivity contribution in [1.82, 2.24) is 10.2 Å². The van der Waals surface area contributed by atoms with Crippen molar-refractivity contribution in [2.75, 3.05) is 24.2 Å². The van der Waals surface area contributed by atoms with Gasteiger partial charge < -0.3 is 10.1 Å². The van der Waals surface area contributed by atoms with Crippen molar-refractivity contribution < 1.29 is 4.74 Å². The second-order valence-electron chi connectivity index (χ2n) is 3.74. The normalized spacial score (nSPS) is 20.2. The van der Waals surface area contributed by atoms with Gasteiger partial charge in [0.2, 0.25) is 5.13 Å². The fraction of sp³-hybridized carbons (Fsp3) is 0.800. The largest absolute Gasteiger partial charge is 0.376 e. The SMILES string of the molecule is CCCSc1nnc(NCC2CCCO2)s1. The molecule has 0 spiro atoms. The Balaban J connectivity index is 1.73. The van der Waals surface area contributed by atoms with Gasteiger partial charge in [0, 0.05) is 18.9 Å². The van der Waals surface area contributed by atoms with Crippen LogP contribution in [0.5, 0.6) is 0 Å². The number of hydrogen-bond donors (Lipinski definition) is 1. The molecule has 1 unspecified atom stereocenters. The van der Waals surface area contributed by atoms with Gasteiger partial charge in [0.1, 0.15) is 0 Å². The molecule has 1 aromatic rings. The summed E-state index contributed by atoms with van der Waals surface area (Å²) in [5.74, 6) is 1.11. The summed E-state index contributed by atoms with van der Waals surface area (Å²) in [6, 6.07) is 0. The van der Waals surface area contributed by atoms with E-state index in [2.05, 4.69) is 22.4 Å². The quantitative estimate of drug-likeness (QED) is 0.796. The summed E-state index contributed by atoms with van der Waals surface area (Å²) in [6.07, 6.45) is 3.86. The van der Waals surface area contributed by atoms with Gasteiger partial charge in [0.15, 0.2) is 4.34 Å². The first-order chi connectivity index (χ1) is 7.88. The van der Waals surface area contributed by atoms with Gasteiger partial charge >= 0.3 is 0 Å². The van der Waals surface area contributed by atoms with Gasteiger partial charge in [0.05, 0.1) is 6.10 Å². The van der Waals surface area contributed by atoms with E-state index in [0.29, 0.717) is 6.10 Å². The van der Waals surface area contributed by atoms with Crippen LogP contribution in [0.4, 0.5) is 5.13 Å². The summed E-state index contributed by atoms with van der Waals surface area (Å²) in [4.78, 5) is 0. The summed E-state index contributed by atoms with van der Waals surface area (Å²) < 4.78 is 6.59. The number of nitrogens with zero attached hydrogens (tertiary/aromatic N) is 2. The molecule has 0 amide bonds. The molecule has 6 heteroatoms. The third kappa shape index (κ3) is 3.61. The Labute approximate surface area is 104 Å². The molecule has 1 saturated heterocycles. The van der Waals surface area contributed by atoms with Crippen LogP contribution in [-0.2, 0) is 4.74 Å². The zero-order chi connectivity index (χ0) is 11.2. The van der Waals surface area contributed by atoms with E-state index in [9.17, 15) is 0 Å². The van der Waals surface area contributed by atoms with Crippen LogP contribution in [0.2, 0.25) is 0 Å². The molecule has 1 aliphatic rings. The number of nitrogens with one attached hydrogen (secondary N) is 1. The van der Waals surface area contributed by atoms with E-state index in [1.165, 1.54) is 12.8 Å². The number of aromatic nitrogens is 2. The average Bonchev–Trinajstić information content (AvgIpc) is 2.95. The fourth-order valence-corrected chi connectivity index (χ4v) is 3.22. The van der Waals surface area contributed by atoms with Gasteiger partial charge in [-0.3, -0.25) is 0 Å². The van der Waals surface area contributed by atoms with Gasteiger partial charge in [0.25, 0.3) is 0 Å². The van der Waals surface area contributed by atoms with Crippen molar-refractivity contribution in [3.63, 3.8) is 0 Å². The third-order valence-corrected chi connectivity index (χ3v) is 4.56. The van der Waals surface area contributed by atoms with E-state index in [4.69, 9.17) is 4.74 Å². The zero-order valence-electron chi connectivity index (χ0n) is 9.44. The molecular formula is C10H17N3OS2. The minimum absolute atomic E-state index is 0.357. The standard InChI is InChI=1S/C10H17N3OS2/c1-2-6-15-10-13-12-9(16-10)11-7-8-4-3-5-14-8/h8H,2-7H2,1H3,(H,11,12). The smallest absolute Gasteiger partial charge is 0.206 e. The summed E-state index contributed by atoms with van der Waals surface area (Å²) in [6.45, 7) is 3.93. The van der Waals surface area contributed by atoms with Crippen molar-refractivity contribution in [1.29, 1.82) is 0 Å². The predicted molar refractivity (Wildman–Crippen MR) is 68.4 cm³/mol. The van der Waals surface area contributed by atoms with E-state index >= 15 is 0 Å². The van der Waals surface area contributed by atoms with E-state index in [0.717, 1.165) is 34.8 Å². The highest BCUT2D eigenvalue weighted by Gasteiger charge is 2.15. The lowest BCUT2D eigenvalue weighted by Gasteiger charge is -2.08. The van der Waals surface area contributed by atoms with Crippen LogP contribution in [0, 0.1) is 0 Å². The maximum absolute atomic E-state index is 5.54. The Morgan fingerprint density at radius 3 is 3.25 bits per heavy atom. The topological polar surface area (TPSA) is 47.0 Å². The molecule has 2 rings (SSSR count). The average molecular weight is 259 g/mol. The summed E-state index contributed by atoms with van der Waals surface area (Å²) in [5, 5.41) is 12.4. The number of ether oxygens (including phenoxy) is 1. The van der Waals surface area contributed by atoms with Crippen LogP contribution >= 0.6 is 23.1 Å². The first-order valence-electron chi connectivity index (χ1n) is 5.70. The molecule has 0 saturated carbocycles. The molecule has 16 heavy (non-hydrogen) atoms. The van der Waals surface area contributed by atoms with Gasteiger partial charge in [-0.25, -0.2) is 0 Å². The van der Waals surface area contributed by atoms with Gasteiger partial charge in [-0.1, -0.05) is 30.0 Å². The lowest BCUT2D eigenvalue weighted by atomic mass is 10.2. The zero-order valence-corrected chi connectivity index (χ0v) is 11.1. The Morgan fingerprint density at radius 1 is 1.56 bits per heavy atom. The number of rotatable bonds is 6. The predicted octanol–water partition coefficient (Wildman–Crippen LogP) is 2.63. The minimum Gasteiger partial charge on any atom is -0.376 e. The molecular weight excluding hydrogens is 242 g/mol. The van der Waals surface area contributed by atoms with E-state index in [-0.39, 0.29) is 0 Å². The highest BCUT2D eigenvalue weighted by molar-refractivity contribution is 8.01. The minimum atomic E-state index is 0.357. The molecule has 90 valence electrons. The number of thioether (sulfide) groups is 1. The second kappa shape index (κ2) is 6.42. The van der Waals surface area contributed by atoms with E-state index in [1.807, 2.05) is 0 Å². The van der Waals surface area contributed by atoms with Crippen LogP contribution < -0.4 is 5.32 Å². The first kappa shape index (κ1) is 12.1. The maximum Gasteiger partial charge on any atom is 0.206 e. The van der Waals surface area contributed by atoms with Crippen LogP contribution in [0.15, 0.2) is 4.34 Å². The third-order valence-electron chi connectivity index (χ3n) is 2.34. The molecule has 1 aromatic heterocycles.